The number of benzene rings is 2. The third-order valence-electron chi connectivity index (χ3n) is 2.18. The van der Waals surface area contributed by atoms with Crippen LogP contribution in [0.15, 0.2) is 40.9 Å². The molecule has 0 amide bonds. The van der Waals surface area contributed by atoms with E-state index in [-0.39, 0.29) is 0 Å². The Hall–Kier alpha value is -1.33. The van der Waals surface area contributed by atoms with E-state index in [9.17, 15) is 0 Å². The first-order valence-corrected chi connectivity index (χ1v) is 5.14. The van der Waals surface area contributed by atoms with Crippen LogP contribution >= 0.6 is 15.9 Å². The molecule has 2 heteroatoms. The van der Waals surface area contributed by atoms with Crippen LogP contribution in [0.25, 0.3) is 10.8 Å². The fraction of sp³-hybridized carbons (Fsp3) is 0.0833. The summed E-state index contributed by atoms with van der Waals surface area (Å²) >= 11 is 3.44. The minimum atomic E-state index is 0.458. The standard InChI is InChI=1S/C12H8BrN/c13-11-7-9-3-1-2-4-12(9)10(8-11)5-6-14/h1-4,7-8H,5H2. The normalized spacial score (nSPS) is 10.0. The number of hydrogen-bond donors (Lipinski definition) is 0. The van der Waals surface area contributed by atoms with E-state index in [0.29, 0.717) is 6.42 Å². The van der Waals surface area contributed by atoms with Crippen LogP contribution in [0.5, 0.6) is 0 Å². The second-order valence-electron chi connectivity index (χ2n) is 3.12. The van der Waals surface area contributed by atoms with Crippen LogP contribution in [-0.4, -0.2) is 0 Å². The van der Waals surface area contributed by atoms with Gasteiger partial charge >= 0.3 is 0 Å². The highest BCUT2D eigenvalue weighted by Crippen LogP contribution is 2.24. The lowest BCUT2D eigenvalue weighted by atomic mass is 10.0. The van der Waals surface area contributed by atoms with Crippen molar-refractivity contribution in [3.63, 3.8) is 0 Å². The summed E-state index contributed by atoms with van der Waals surface area (Å²) in [4.78, 5) is 0. The Morgan fingerprint density at radius 1 is 1.21 bits per heavy atom. The van der Waals surface area contributed by atoms with Gasteiger partial charge < -0.3 is 0 Å². The van der Waals surface area contributed by atoms with Gasteiger partial charge in [0.1, 0.15) is 0 Å². The lowest BCUT2D eigenvalue weighted by molar-refractivity contribution is 1.28. The maximum atomic E-state index is 8.70. The van der Waals surface area contributed by atoms with Crippen LogP contribution < -0.4 is 0 Å². The molecule has 0 aliphatic heterocycles. The van der Waals surface area contributed by atoms with Crippen LogP contribution in [0.4, 0.5) is 0 Å². The molecule has 0 fully saturated rings. The molecule has 1 nitrogen and oxygen atoms in total. The number of nitriles is 1. The first-order chi connectivity index (χ1) is 6.81. The van der Waals surface area contributed by atoms with Crippen molar-refractivity contribution in [3.8, 4) is 6.07 Å². The van der Waals surface area contributed by atoms with Crippen molar-refractivity contribution in [1.29, 1.82) is 5.26 Å². The molecule has 2 aromatic carbocycles. The molecule has 0 saturated heterocycles. The lowest BCUT2D eigenvalue weighted by Crippen LogP contribution is -1.84. The molecule has 2 rings (SSSR count). The number of nitrogens with zero attached hydrogens (tertiary/aromatic N) is 1. The first-order valence-electron chi connectivity index (χ1n) is 4.35. The van der Waals surface area contributed by atoms with E-state index >= 15 is 0 Å². The van der Waals surface area contributed by atoms with E-state index in [1.54, 1.807) is 0 Å². The number of fused-ring (bicyclic) bond motifs is 1. The molecule has 14 heavy (non-hydrogen) atoms. The number of hydrogen-bond acceptors (Lipinski definition) is 1. The minimum Gasteiger partial charge on any atom is -0.198 e. The summed E-state index contributed by atoms with van der Waals surface area (Å²) in [5.41, 5.74) is 1.08. The van der Waals surface area contributed by atoms with Gasteiger partial charge in [-0.05, 0) is 28.5 Å². The van der Waals surface area contributed by atoms with Gasteiger partial charge in [-0.3, -0.25) is 0 Å². The quantitative estimate of drug-likeness (QED) is 0.753. The van der Waals surface area contributed by atoms with Crippen LogP contribution in [-0.2, 0) is 6.42 Å². The number of rotatable bonds is 1. The third-order valence-corrected chi connectivity index (χ3v) is 2.64. The Balaban J connectivity index is 2.74. The summed E-state index contributed by atoms with van der Waals surface area (Å²) in [6, 6.07) is 14.4. The fourth-order valence-corrected chi connectivity index (χ4v) is 2.10. The third kappa shape index (κ3) is 1.64. The average Bonchev–Trinajstić information content (AvgIpc) is 2.18. The molecule has 0 bridgehead atoms. The van der Waals surface area contributed by atoms with Crippen LogP contribution in [0.1, 0.15) is 5.56 Å². The molecule has 2 aromatic rings. The monoisotopic (exact) mass is 245 g/mol. The Morgan fingerprint density at radius 3 is 2.79 bits per heavy atom. The zero-order valence-corrected chi connectivity index (χ0v) is 9.08. The molecule has 0 N–H and O–H groups in total. The zero-order chi connectivity index (χ0) is 9.97. The molecule has 0 saturated carbocycles. The van der Waals surface area contributed by atoms with E-state index in [0.717, 1.165) is 15.4 Å². The van der Waals surface area contributed by atoms with E-state index in [1.165, 1.54) is 5.39 Å². The van der Waals surface area contributed by atoms with Crippen molar-refractivity contribution in [2.45, 2.75) is 6.42 Å². The summed E-state index contributed by atoms with van der Waals surface area (Å²) in [5.74, 6) is 0. The second-order valence-corrected chi connectivity index (χ2v) is 4.04. The highest BCUT2D eigenvalue weighted by atomic mass is 79.9. The largest absolute Gasteiger partial charge is 0.198 e. The van der Waals surface area contributed by atoms with Crippen LogP contribution in [0.3, 0.4) is 0 Å². The highest BCUT2D eigenvalue weighted by molar-refractivity contribution is 9.10. The van der Waals surface area contributed by atoms with Crippen molar-refractivity contribution in [1.82, 2.24) is 0 Å². The summed E-state index contributed by atoms with van der Waals surface area (Å²) in [5, 5.41) is 11.0. The maximum absolute atomic E-state index is 8.70. The molecular weight excluding hydrogens is 238 g/mol. The lowest BCUT2D eigenvalue weighted by Gasteiger charge is -2.03. The summed E-state index contributed by atoms with van der Waals surface area (Å²) < 4.78 is 1.03. The summed E-state index contributed by atoms with van der Waals surface area (Å²) in [7, 11) is 0. The van der Waals surface area contributed by atoms with Gasteiger partial charge in [-0.1, -0.05) is 40.2 Å². The topological polar surface area (TPSA) is 23.8 Å². The molecule has 0 aliphatic rings. The average molecular weight is 246 g/mol. The molecule has 0 heterocycles. The van der Waals surface area contributed by atoms with Crippen molar-refractivity contribution in [2.75, 3.05) is 0 Å². The van der Waals surface area contributed by atoms with Gasteiger partial charge in [0, 0.05) is 4.47 Å². The van der Waals surface area contributed by atoms with Gasteiger partial charge in [0.05, 0.1) is 12.5 Å². The fourth-order valence-electron chi connectivity index (χ4n) is 1.58. The van der Waals surface area contributed by atoms with Crippen LogP contribution in [0, 0.1) is 11.3 Å². The van der Waals surface area contributed by atoms with Crippen molar-refractivity contribution in [2.24, 2.45) is 0 Å². The number of halogens is 1. The predicted molar refractivity (Wildman–Crippen MR) is 61.0 cm³/mol. The Kier molecular flexibility index (Phi) is 2.51. The van der Waals surface area contributed by atoms with Gasteiger partial charge in [0.25, 0.3) is 0 Å². The molecule has 0 aliphatic carbocycles. The Morgan fingerprint density at radius 2 is 2.00 bits per heavy atom. The minimum absolute atomic E-state index is 0.458. The molecule has 0 radical (unpaired) electrons. The van der Waals surface area contributed by atoms with Crippen LogP contribution in [0.2, 0.25) is 0 Å². The molecule has 0 atom stereocenters. The van der Waals surface area contributed by atoms with E-state index < -0.39 is 0 Å². The van der Waals surface area contributed by atoms with E-state index in [2.05, 4.69) is 40.2 Å². The predicted octanol–water partition coefficient (Wildman–Crippen LogP) is 3.67. The first kappa shape index (κ1) is 9.23. The van der Waals surface area contributed by atoms with Gasteiger partial charge in [0.2, 0.25) is 0 Å². The van der Waals surface area contributed by atoms with Gasteiger partial charge in [-0.2, -0.15) is 5.26 Å². The van der Waals surface area contributed by atoms with Crippen molar-refractivity contribution < 1.29 is 0 Å². The molecular formula is C12H8BrN. The Bertz CT molecular complexity index is 511. The SMILES string of the molecule is N#CCc1cc(Br)cc2ccccc12. The molecule has 0 spiro atoms. The van der Waals surface area contributed by atoms with Gasteiger partial charge in [-0.25, -0.2) is 0 Å². The molecule has 0 aromatic heterocycles. The maximum Gasteiger partial charge on any atom is 0.0669 e. The Labute approximate surface area is 91.1 Å². The smallest absolute Gasteiger partial charge is 0.0669 e. The van der Waals surface area contributed by atoms with Crippen molar-refractivity contribution >= 4 is 26.7 Å². The summed E-state index contributed by atoms with van der Waals surface area (Å²) in [6.45, 7) is 0. The van der Waals surface area contributed by atoms with Gasteiger partial charge in [0.15, 0.2) is 0 Å². The highest BCUT2D eigenvalue weighted by Gasteiger charge is 2.01. The molecule has 68 valence electrons. The zero-order valence-electron chi connectivity index (χ0n) is 7.50. The van der Waals surface area contributed by atoms with Crippen molar-refractivity contribution in [3.05, 3.63) is 46.4 Å². The van der Waals surface area contributed by atoms with E-state index in [4.69, 9.17) is 5.26 Å². The summed E-state index contributed by atoms with van der Waals surface area (Å²) in [6.07, 6.45) is 0.458. The second kappa shape index (κ2) is 3.81. The van der Waals surface area contributed by atoms with Gasteiger partial charge in [-0.15, -0.1) is 0 Å². The molecule has 0 unspecified atom stereocenters. The van der Waals surface area contributed by atoms with E-state index in [1.807, 2.05) is 18.2 Å².